The Bertz CT molecular complexity index is 819. The summed E-state index contributed by atoms with van der Waals surface area (Å²) in [6.45, 7) is 6.38. The molecule has 1 aromatic carbocycles. The molecule has 0 aliphatic carbocycles. The van der Waals surface area contributed by atoms with Crippen LogP contribution in [0.3, 0.4) is 0 Å². The number of benzene rings is 1. The van der Waals surface area contributed by atoms with Gasteiger partial charge >= 0.3 is 0 Å². The summed E-state index contributed by atoms with van der Waals surface area (Å²) in [5.74, 6) is 0. The summed E-state index contributed by atoms with van der Waals surface area (Å²) in [6.07, 6.45) is 6.31. The number of nitriles is 2. The Labute approximate surface area is 158 Å². The van der Waals surface area contributed by atoms with E-state index in [4.69, 9.17) is 10.5 Å². The molecule has 134 valence electrons. The number of azo groups is 1. The van der Waals surface area contributed by atoms with E-state index in [1.54, 1.807) is 24.4 Å². The van der Waals surface area contributed by atoms with Gasteiger partial charge in [0.25, 0.3) is 0 Å². The van der Waals surface area contributed by atoms with Crippen LogP contribution >= 0.6 is 11.3 Å². The first-order valence-electron chi connectivity index (χ1n) is 8.78. The number of anilines is 1. The first-order chi connectivity index (χ1) is 12.7. The Kier molecular flexibility index (Phi) is 7.73. The molecule has 6 nitrogen and oxygen atoms in total. The highest BCUT2D eigenvalue weighted by molar-refractivity contribution is 7.19. The lowest BCUT2D eigenvalue weighted by atomic mass is 10.1. The topological polar surface area (TPSA) is 88.4 Å². The van der Waals surface area contributed by atoms with Crippen LogP contribution in [0, 0.1) is 22.7 Å². The number of rotatable bonds is 9. The predicted octanol–water partition coefficient (Wildman–Crippen LogP) is 5.71. The minimum Gasteiger partial charge on any atom is -0.348 e. The van der Waals surface area contributed by atoms with Gasteiger partial charge in [-0.1, -0.05) is 38.0 Å². The fourth-order valence-corrected chi connectivity index (χ4v) is 3.13. The molecule has 0 saturated carbocycles. The van der Waals surface area contributed by atoms with Crippen LogP contribution in [-0.4, -0.2) is 18.1 Å². The van der Waals surface area contributed by atoms with Crippen LogP contribution in [-0.2, 0) is 0 Å². The van der Waals surface area contributed by atoms with E-state index >= 15 is 0 Å². The minimum absolute atomic E-state index is 0.305. The van der Waals surface area contributed by atoms with Crippen molar-refractivity contribution >= 4 is 27.2 Å². The monoisotopic (exact) mass is 366 g/mol. The van der Waals surface area contributed by atoms with E-state index in [1.165, 1.54) is 11.3 Å². The van der Waals surface area contributed by atoms with Gasteiger partial charge < -0.3 is 4.90 Å². The third kappa shape index (κ3) is 5.37. The second-order valence-electron chi connectivity index (χ2n) is 5.83. The molecule has 26 heavy (non-hydrogen) atoms. The second-order valence-corrected chi connectivity index (χ2v) is 6.82. The molecule has 0 atom stereocenters. The molecule has 7 heteroatoms. The van der Waals surface area contributed by atoms with Gasteiger partial charge in [0.05, 0.1) is 23.0 Å². The van der Waals surface area contributed by atoms with Crippen LogP contribution in [0.4, 0.5) is 15.8 Å². The van der Waals surface area contributed by atoms with Crippen molar-refractivity contribution in [2.24, 2.45) is 10.2 Å². The molecule has 0 spiro atoms. The summed E-state index contributed by atoms with van der Waals surface area (Å²) < 4.78 is 0. The molecule has 0 unspecified atom stereocenters. The maximum Gasteiger partial charge on any atom is 0.187 e. The Hall–Kier alpha value is -2.77. The zero-order valence-corrected chi connectivity index (χ0v) is 16.0. The van der Waals surface area contributed by atoms with Crippen molar-refractivity contribution in [3.63, 3.8) is 0 Å². The van der Waals surface area contributed by atoms with Gasteiger partial charge in [-0.2, -0.15) is 10.5 Å². The normalized spacial score (nSPS) is 10.6. The van der Waals surface area contributed by atoms with E-state index in [0.717, 1.165) is 48.9 Å². The number of aromatic nitrogens is 1. The van der Waals surface area contributed by atoms with E-state index in [1.807, 2.05) is 12.1 Å². The third-order valence-electron chi connectivity index (χ3n) is 3.82. The SMILES string of the molecule is CCCCN(CCCC)c1ncc(/N=N/c2ccc(C#N)c(C#N)c2)s1. The van der Waals surface area contributed by atoms with Crippen molar-refractivity contribution in [3.8, 4) is 12.1 Å². The molecule has 2 rings (SSSR count). The number of nitrogens with zero attached hydrogens (tertiary/aromatic N) is 6. The molecule has 2 aromatic rings. The van der Waals surface area contributed by atoms with Crippen molar-refractivity contribution < 1.29 is 0 Å². The highest BCUT2D eigenvalue weighted by Crippen LogP contribution is 2.31. The Morgan fingerprint density at radius 2 is 1.73 bits per heavy atom. The minimum atomic E-state index is 0.305. The zero-order chi connectivity index (χ0) is 18.8. The van der Waals surface area contributed by atoms with Crippen molar-refractivity contribution in [3.05, 3.63) is 35.5 Å². The molecular formula is C19H22N6S. The fourth-order valence-electron chi connectivity index (χ4n) is 2.34. The Morgan fingerprint density at radius 3 is 2.35 bits per heavy atom. The molecule has 0 N–H and O–H groups in total. The second kappa shape index (κ2) is 10.3. The van der Waals surface area contributed by atoms with Crippen molar-refractivity contribution in [1.29, 1.82) is 10.5 Å². The fraction of sp³-hybridized carbons (Fsp3) is 0.421. The summed E-state index contributed by atoms with van der Waals surface area (Å²) in [5.41, 5.74) is 1.19. The number of unbranched alkanes of at least 4 members (excludes halogenated alkanes) is 2. The number of hydrogen-bond donors (Lipinski definition) is 0. The maximum atomic E-state index is 9.08. The highest BCUT2D eigenvalue weighted by Gasteiger charge is 2.10. The highest BCUT2D eigenvalue weighted by atomic mass is 32.1. The molecule has 0 radical (unpaired) electrons. The lowest BCUT2D eigenvalue weighted by Crippen LogP contribution is -2.25. The first kappa shape index (κ1) is 19.6. The summed E-state index contributed by atoms with van der Waals surface area (Å²) in [4.78, 5) is 6.80. The van der Waals surface area contributed by atoms with E-state index < -0.39 is 0 Å². The van der Waals surface area contributed by atoms with Crippen molar-refractivity contribution in [2.45, 2.75) is 39.5 Å². The lowest BCUT2D eigenvalue weighted by molar-refractivity contribution is 0.676. The van der Waals surface area contributed by atoms with Gasteiger partial charge in [-0.05, 0) is 31.0 Å². The zero-order valence-electron chi connectivity index (χ0n) is 15.1. The molecule has 0 aliphatic heterocycles. The largest absolute Gasteiger partial charge is 0.348 e. The molecular weight excluding hydrogens is 344 g/mol. The van der Waals surface area contributed by atoms with Crippen LogP contribution in [0.2, 0.25) is 0 Å². The Morgan fingerprint density at radius 1 is 1.04 bits per heavy atom. The molecule has 1 heterocycles. The average Bonchev–Trinajstić information content (AvgIpc) is 3.15. The van der Waals surface area contributed by atoms with E-state index in [9.17, 15) is 0 Å². The summed E-state index contributed by atoms with van der Waals surface area (Å²) in [6, 6.07) is 8.83. The van der Waals surface area contributed by atoms with Crippen LogP contribution in [0.1, 0.15) is 50.7 Å². The number of hydrogen-bond acceptors (Lipinski definition) is 7. The van der Waals surface area contributed by atoms with Gasteiger partial charge in [0.15, 0.2) is 10.1 Å². The predicted molar refractivity (Wildman–Crippen MR) is 104 cm³/mol. The summed E-state index contributed by atoms with van der Waals surface area (Å²) >= 11 is 1.52. The first-order valence-corrected chi connectivity index (χ1v) is 9.60. The molecule has 0 aliphatic rings. The maximum absolute atomic E-state index is 9.08. The van der Waals surface area contributed by atoms with Crippen LogP contribution in [0.5, 0.6) is 0 Å². The summed E-state index contributed by atoms with van der Waals surface area (Å²) in [5, 5.41) is 28.1. The van der Waals surface area contributed by atoms with Crippen molar-refractivity contribution in [2.75, 3.05) is 18.0 Å². The molecule has 0 fully saturated rings. The molecule has 0 saturated heterocycles. The molecule has 0 bridgehead atoms. The quantitative estimate of drug-likeness (QED) is 0.532. The average molecular weight is 366 g/mol. The molecule has 0 amide bonds. The van der Waals surface area contributed by atoms with Gasteiger partial charge in [-0.15, -0.1) is 10.2 Å². The van der Waals surface area contributed by atoms with E-state index in [0.29, 0.717) is 16.8 Å². The van der Waals surface area contributed by atoms with E-state index in [-0.39, 0.29) is 0 Å². The van der Waals surface area contributed by atoms with E-state index in [2.05, 4.69) is 34.0 Å². The van der Waals surface area contributed by atoms with Gasteiger partial charge in [-0.3, -0.25) is 0 Å². The smallest absolute Gasteiger partial charge is 0.187 e. The van der Waals surface area contributed by atoms with Crippen molar-refractivity contribution in [1.82, 2.24) is 4.98 Å². The lowest BCUT2D eigenvalue weighted by Gasteiger charge is -2.21. The number of thiazole rings is 1. The van der Waals surface area contributed by atoms with Gasteiger partial charge in [0.1, 0.15) is 12.1 Å². The van der Waals surface area contributed by atoms with Gasteiger partial charge in [-0.25, -0.2) is 4.98 Å². The van der Waals surface area contributed by atoms with Gasteiger partial charge in [0, 0.05) is 13.1 Å². The van der Waals surface area contributed by atoms with Crippen LogP contribution < -0.4 is 4.90 Å². The third-order valence-corrected chi connectivity index (χ3v) is 4.77. The van der Waals surface area contributed by atoms with Gasteiger partial charge in [0.2, 0.25) is 0 Å². The van der Waals surface area contributed by atoms with Crippen LogP contribution in [0.15, 0.2) is 34.6 Å². The molecule has 1 aromatic heterocycles. The standard InChI is InChI=1S/C19H22N6S/c1-3-5-9-25(10-6-4-2)19-22-14-18(26-19)24-23-17-8-7-15(12-20)16(11-17)13-21/h7-8,11,14H,3-6,9-10H2,1-2H3/b24-23+. The Balaban J connectivity index is 2.12. The summed E-state index contributed by atoms with van der Waals surface area (Å²) in [7, 11) is 0. The van der Waals surface area contributed by atoms with Crippen LogP contribution in [0.25, 0.3) is 0 Å².